The monoisotopic (exact) mass is 324 g/mol. The van der Waals surface area contributed by atoms with E-state index in [-0.39, 0.29) is 0 Å². The first-order valence-corrected chi connectivity index (χ1v) is 7.52. The van der Waals surface area contributed by atoms with Crippen LogP contribution < -0.4 is 5.32 Å². The van der Waals surface area contributed by atoms with Crippen LogP contribution in [0, 0.1) is 20.8 Å². The molecule has 0 aliphatic heterocycles. The molecule has 0 aliphatic rings. The molecule has 0 aliphatic carbocycles. The number of nitrogens with zero attached hydrogens (tertiary/aromatic N) is 1. The zero-order valence-electron chi connectivity index (χ0n) is 11.1. The molecule has 0 amide bonds. The van der Waals surface area contributed by atoms with Crippen LogP contribution in [-0.4, -0.2) is 12.0 Å². The molecule has 0 unspecified atom stereocenters. The maximum absolute atomic E-state index is 4.59. The molecule has 0 spiro atoms. The normalized spacial score (nSPS) is 10.7. The van der Waals surface area contributed by atoms with Crippen LogP contribution in [0.25, 0.3) is 0 Å². The third-order valence-electron chi connectivity index (χ3n) is 3.05. The summed E-state index contributed by atoms with van der Waals surface area (Å²) < 4.78 is 1.12. The maximum atomic E-state index is 4.59. The molecule has 0 saturated heterocycles. The largest absolute Gasteiger partial charge is 0.365 e. The zero-order valence-corrected chi connectivity index (χ0v) is 13.5. The number of aromatic nitrogens is 1. The summed E-state index contributed by atoms with van der Waals surface area (Å²) in [5.74, 6) is 0. The molecule has 18 heavy (non-hydrogen) atoms. The van der Waals surface area contributed by atoms with Crippen LogP contribution in [0.15, 0.2) is 15.9 Å². The molecule has 2 aromatic rings. The highest BCUT2D eigenvalue weighted by atomic mass is 79.9. The molecule has 1 aromatic heterocycles. The second kappa shape index (κ2) is 5.41. The van der Waals surface area contributed by atoms with Gasteiger partial charge in [-0.1, -0.05) is 29.0 Å². The van der Waals surface area contributed by atoms with E-state index in [9.17, 15) is 0 Å². The summed E-state index contributed by atoms with van der Waals surface area (Å²) in [5.41, 5.74) is 6.51. The minimum absolute atomic E-state index is 0.886. The number of rotatable bonds is 3. The van der Waals surface area contributed by atoms with Gasteiger partial charge >= 0.3 is 0 Å². The lowest BCUT2D eigenvalue weighted by atomic mass is 9.96. The Hall–Kier alpha value is -0.870. The SMILES string of the molecule is CNc1nc(Cc2c(C)cc(C)cc2C)c(Br)s1. The summed E-state index contributed by atoms with van der Waals surface area (Å²) in [4.78, 5) is 4.59. The predicted molar refractivity (Wildman–Crippen MR) is 82.8 cm³/mol. The van der Waals surface area contributed by atoms with Crippen molar-refractivity contribution in [1.29, 1.82) is 0 Å². The average Bonchev–Trinajstić information content (AvgIpc) is 2.64. The van der Waals surface area contributed by atoms with E-state index in [1.54, 1.807) is 11.3 Å². The van der Waals surface area contributed by atoms with E-state index in [2.05, 4.69) is 59.1 Å². The van der Waals surface area contributed by atoms with Gasteiger partial charge in [0.15, 0.2) is 5.13 Å². The Kier molecular flexibility index (Phi) is 4.07. The Bertz CT molecular complexity index is 552. The minimum atomic E-state index is 0.886. The topological polar surface area (TPSA) is 24.9 Å². The second-order valence-electron chi connectivity index (χ2n) is 4.54. The second-order valence-corrected chi connectivity index (χ2v) is 6.86. The predicted octanol–water partition coefficient (Wildman–Crippen LogP) is 4.46. The van der Waals surface area contributed by atoms with Crippen molar-refractivity contribution < 1.29 is 0 Å². The molecule has 2 rings (SSSR count). The van der Waals surface area contributed by atoms with Crippen molar-refractivity contribution in [2.45, 2.75) is 27.2 Å². The van der Waals surface area contributed by atoms with E-state index in [4.69, 9.17) is 0 Å². The van der Waals surface area contributed by atoms with Gasteiger partial charge in [-0.25, -0.2) is 4.98 Å². The molecule has 0 bridgehead atoms. The number of aryl methyl sites for hydroxylation is 3. The molecular weight excluding hydrogens is 308 g/mol. The van der Waals surface area contributed by atoms with Gasteiger partial charge < -0.3 is 5.32 Å². The number of benzene rings is 1. The molecule has 2 nitrogen and oxygen atoms in total. The minimum Gasteiger partial charge on any atom is -0.365 e. The van der Waals surface area contributed by atoms with Crippen LogP contribution in [-0.2, 0) is 6.42 Å². The number of hydrogen-bond donors (Lipinski definition) is 1. The van der Waals surface area contributed by atoms with Crippen LogP contribution in [0.2, 0.25) is 0 Å². The molecule has 0 fully saturated rings. The van der Waals surface area contributed by atoms with Crippen LogP contribution >= 0.6 is 27.3 Å². The Balaban J connectivity index is 2.36. The highest BCUT2D eigenvalue weighted by molar-refractivity contribution is 9.11. The van der Waals surface area contributed by atoms with Crippen molar-refractivity contribution in [2.75, 3.05) is 12.4 Å². The lowest BCUT2D eigenvalue weighted by Gasteiger charge is -2.10. The standard InChI is InChI=1S/C14H17BrN2S/c1-8-5-9(2)11(10(3)6-8)7-12-13(15)18-14(16-4)17-12/h5-6H,7H2,1-4H3,(H,16,17). The van der Waals surface area contributed by atoms with Gasteiger partial charge in [-0.15, -0.1) is 0 Å². The number of halogens is 1. The highest BCUT2D eigenvalue weighted by Gasteiger charge is 2.12. The van der Waals surface area contributed by atoms with Crippen LogP contribution in [0.3, 0.4) is 0 Å². The fourth-order valence-electron chi connectivity index (χ4n) is 2.21. The molecule has 0 saturated carbocycles. The van der Waals surface area contributed by atoms with Gasteiger partial charge in [0.05, 0.1) is 9.48 Å². The molecular formula is C14H17BrN2S. The molecule has 4 heteroatoms. The van der Waals surface area contributed by atoms with Crippen molar-refractivity contribution in [3.05, 3.63) is 43.9 Å². The lowest BCUT2D eigenvalue weighted by molar-refractivity contribution is 1.05. The first-order chi connectivity index (χ1) is 8.51. The smallest absolute Gasteiger partial charge is 0.183 e. The fraction of sp³-hybridized carbons (Fsp3) is 0.357. The third-order valence-corrected chi connectivity index (χ3v) is 4.90. The Morgan fingerprint density at radius 3 is 2.33 bits per heavy atom. The summed E-state index contributed by atoms with van der Waals surface area (Å²) >= 11 is 5.24. The lowest BCUT2D eigenvalue weighted by Crippen LogP contribution is -1.98. The van der Waals surface area contributed by atoms with E-state index in [0.717, 1.165) is 21.0 Å². The average molecular weight is 325 g/mol. The summed E-state index contributed by atoms with van der Waals surface area (Å²) in [7, 11) is 1.90. The van der Waals surface area contributed by atoms with E-state index < -0.39 is 0 Å². The van der Waals surface area contributed by atoms with Gasteiger partial charge in [-0.2, -0.15) is 0 Å². The van der Waals surface area contributed by atoms with Crippen molar-refractivity contribution in [1.82, 2.24) is 4.98 Å². The van der Waals surface area contributed by atoms with Gasteiger partial charge in [-0.05, 0) is 53.4 Å². The zero-order chi connectivity index (χ0) is 13.3. The quantitative estimate of drug-likeness (QED) is 0.901. The summed E-state index contributed by atoms with van der Waals surface area (Å²) in [6.07, 6.45) is 0.886. The fourth-order valence-corrected chi connectivity index (χ4v) is 3.56. The van der Waals surface area contributed by atoms with Gasteiger partial charge in [0.25, 0.3) is 0 Å². The van der Waals surface area contributed by atoms with Crippen molar-refractivity contribution >= 4 is 32.4 Å². The van der Waals surface area contributed by atoms with E-state index >= 15 is 0 Å². The Morgan fingerprint density at radius 2 is 1.83 bits per heavy atom. The van der Waals surface area contributed by atoms with E-state index in [1.165, 1.54) is 22.3 Å². The number of nitrogens with one attached hydrogen (secondary N) is 1. The van der Waals surface area contributed by atoms with E-state index in [1.807, 2.05) is 7.05 Å². The van der Waals surface area contributed by atoms with Crippen molar-refractivity contribution in [3.63, 3.8) is 0 Å². The first kappa shape index (κ1) is 13.6. The maximum Gasteiger partial charge on any atom is 0.183 e. The van der Waals surface area contributed by atoms with Gasteiger partial charge in [-0.3, -0.25) is 0 Å². The van der Waals surface area contributed by atoms with Crippen LogP contribution in [0.5, 0.6) is 0 Å². The summed E-state index contributed by atoms with van der Waals surface area (Å²) in [6, 6.07) is 4.48. The third kappa shape index (κ3) is 2.75. The first-order valence-electron chi connectivity index (χ1n) is 5.91. The molecule has 0 radical (unpaired) electrons. The summed E-state index contributed by atoms with van der Waals surface area (Å²) in [5, 5.41) is 4.05. The van der Waals surface area contributed by atoms with Crippen LogP contribution in [0.1, 0.15) is 27.9 Å². The number of hydrogen-bond acceptors (Lipinski definition) is 3. The molecule has 1 N–H and O–H groups in total. The van der Waals surface area contributed by atoms with E-state index in [0.29, 0.717) is 0 Å². The number of thiazole rings is 1. The van der Waals surface area contributed by atoms with Gasteiger partial charge in [0, 0.05) is 13.5 Å². The van der Waals surface area contributed by atoms with Crippen LogP contribution in [0.4, 0.5) is 5.13 Å². The molecule has 0 atom stereocenters. The molecule has 1 aromatic carbocycles. The van der Waals surface area contributed by atoms with Gasteiger partial charge in [0.1, 0.15) is 0 Å². The Morgan fingerprint density at radius 1 is 1.22 bits per heavy atom. The Labute approximate surface area is 121 Å². The van der Waals surface area contributed by atoms with Crippen molar-refractivity contribution in [3.8, 4) is 0 Å². The van der Waals surface area contributed by atoms with Gasteiger partial charge in [0.2, 0.25) is 0 Å². The molecule has 96 valence electrons. The highest BCUT2D eigenvalue weighted by Crippen LogP contribution is 2.31. The summed E-state index contributed by atoms with van der Waals surface area (Å²) in [6.45, 7) is 6.49. The van der Waals surface area contributed by atoms with Crippen molar-refractivity contribution in [2.24, 2.45) is 0 Å². The molecule has 1 heterocycles. The number of anilines is 1.